The smallest absolute Gasteiger partial charge is 0.317 e. The van der Waals surface area contributed by atoms with Gasteiger partial charge < -0.3 is 25.0 Å². The number of nitrogens with zero attached hydrogens (tertiary/aromatic N) is 1. The zero-order chi connectivity index (χ0) is 21.1. The van der Waals surface area contributed by atoms with Crippen molar-refractivity contribution in [1.29, 1.82) is 0 Å². The topological polar surface area (TPSA) is 97.0 Å². The number of likely N-dealkylation sites (tertiary alicyclic amines) is 1. The van der Waals surface area contributed by atoms with Gasteiger partial charge in [-0.05, 0) is 44.2 Å². The monoisotopic (exact) mass is 405 g/mol. The molecule has 1 aromatic rings. The minimum absolute atomic E-state index is 0.0163. The van der Waals surface area contributed by atoms with Crippen LogP contribution in [0.5, 0.6) is 5.75 Å². The van der Waals surface area contributed by atoms with Gasteiger partial charge in [0.2, 0.25) is 5.91 Å². The second kappa shape index (κ2) is 11.9. The average Bonchev–Trinajstić information content (AvgIpc) is 2.73. The zero-order valence-corrected chi connectivity index (χ0v) is 17.2. The molecule has 0 atom stereocenters. The molecule has 1 aliphatic rings. The Balaban J connectivity index is 1.63. The van der Waals surface area contributed by atoms with Crippen molar-refractivity contribution in [1.82, 2.24) is 10.2 Å². The summed E-state index contributed by atoms with van der Waals surface area (Å²) < 4.78 is 9.99. The molecule has 160 valence electrons. The Kier molecular flexibility index (Phi) is 9.27. The molecule has 1 aliphatic heterocycles. The maximum absolute atomic E-state index is 12.2. The number of carbonyl (C=O) groups excluding carboxylic acids is 3. The van der Waals surface area contributed by atoms with Crippen LogP contribution in [0, 0.1) is 5.92 Å². The molecule has 29 heavy (non-hydrogen) atoms. The van der Waals surface area contributed by atoms with Gasteiger partial charge in [-0.3, -0.25) is 9.59 Å². The fraction of sp³-hybridized carbons (Fsp3) is 0.571. The molecule has 1 heterocycles. The summed E-state index contributed by atoms with van der Waals surface area (Å²) in [6.45, 7) is 3.70. The number of carbonyl (C=O) groups is 3. The minimum atomic E-state index is -0.307. The predicted molar refractivity (Wildman–Crippen MR) is 110 cm³/mol. The summed E-state index contributed by atoms with van der Waals surface area (Å²) in [5.41, 5.74) is 0.726. The van der Waals surface area contributed by atoms with E-state index in [2.05, 4.69) is 10.6 Å². The molecule has 2 N–H and O–H groups in total. The standard InChI is InChI=1S/C21H31N3O5/c1-3-29-20(26)9-12-22-21(27)24-13-10-16(11-14-24)7-8-19(25)23-17-5-4-6-18(15-17)28-2/h4-6,15-16H,3,7-14H2,1-2H3,(H,22,27)(H,23,25). The molecular weight excluding hydrogens is 374 g/mol. The van der Waals surface area contributed by atoms with Crippen LogP contribution >= 0.6 is 0 Å². The Morgan fingerprint density at radius 1 is 1.17 bits per heavy atom. The number of hydrogen-bond acceptors (Lipinski definition) is 5. The molecule has 1 saturated heterocycles. The number of piperidine rings is 1. The van der Waals surface area contributed by atoms with E-state index in [0.29, 0.717) is 37.8 Å². The Bertz CT molecular complexity index is 687. The maximum atomic E-state index is 12.2. The largest absolute Gasteiger partial charge is 0.497 e. The third kappa shape index (κ3) is 8.01. The van der Waals surface area contributed by atoms with Crippen LogP contribution in [0.3, 0.4) is 0 Å². The van der Waals surface area contributed by atoms with E-state index in [4.69, 9.17) is 9.47 Å². The summed E-state index contributed by atoms with van der Waals surface area (Å²) >= 11 is 0. The van der Waals surface area contributed by atoms with Crippen molar-refractivity contribution in [2.75, 3.05) is 38.7 Å². The number of benzene rings is 1. The number of methoxy groups -OCH3 is 1. The van der Waals surface area contributed by atoms with E-state index in [9.17, 15) is 14.4 Å². The van der Waals surface area contributed by atoms with Gasteiger partial charge in [0, 0.05) is 37.8 Å². The molecule has 0 unspecified atom stereocenters. The summed E-state index contributed by atoms with van der Waals surface area (Å²) in [5.74, 6) is 0.807. The summed E-state index contributed by atoms with van der Waals surface area (Å²) in [6.07, 6.45) is 3.18. The maximum Gasteiger partial charge on any atom is 0.317 e. The zero-order valence-electron chi connectivity index (χ0n) is 17.2. The van der Waals surface area contributed by atoms with Crippen molar-refractivity contribution < 1.29 is 23.9 Å². The molecule has 3 amide bonds. The molecule has 0 aromatic heterocycles. The lowest BCUT2D eigenvalue weighted by molar-refractivity contribution is -0.142. The van der Waals surface area contributed by atoms with Gasteiger partial charge in [-0.25, -0.2) is 4.79 Å². The van der Waals surface area contributed by atoms with Crippen molar-refractivity contribution in [2.24, 2.45) is 5.92 Å². The van der Waals surface area contributed by atoms with Crippen molar-refractivity contribution >= 4 is 23.6 Å². The third-order valence-electron chi connectivity index (χ3n) is 4.95. The second-order valence-electron chi connectivity index (χ2n) is 7.04. The number of urea groups is 1. The van der Waals surface area contributed by atoms with Crippen LogP contribution < -0.4 is 15.4 Å². The number of amides is 3. The van der Waals surface area contributed by atoms with Crippen LogP contribution in [0.1, 0.15) is 39.0 Å². The summed E-state index contributed by atoms with van der Waals surface area (Å²) in [6, 6.07) is 7.14. The van der Waals surface area contributed by atoms with Crippen molar-refractivity contribution in [3.63, 3.8) is 0 Å². The number of rotatable bonds is 9. The molecule has 0 aliphatic carbocycles. The third-order valence-corrected chi connectivity index (χ3v) is 4.95. The highest BCUT2D eigenvalue weighted by Gasteiger charge is 2.23. The first-order valence-electron chi connectivity index (χ1n) is 10.1. The number of hydrogen-bond donors (Lipinski definition) is 2. The van der Waals surface area contributed by atoms with Crippen LogP contribution in [0.4, 0.5) is 10.5 Å². The first-order chi connectivity index (χ1) is 14.0. The molecule has 0 bridgehead atoms. The van der Waals surface area contributed by atoms with E-state index in [1.165, 1.54) is 0 Å². The Morgan fingerprint density at radius 2 is 1.93 bits per heavy atom. The van der Waals surface area contributed by atoms with E-state index >= 15 is 0 Å². The van der Waals surface area contributed by atoms with Gasteiger partial charge >= 0.3 is 12.0 Å². The first-order valence-corrected chi connectivity index (χ1v) is 10.1. The second-order valence-corrected chi connectivity index (χ2v) is 7.04. The van der Waals surface area contributed by atoms with Crippen molar-refractivity contribution in [2.45, 2.75) is 39.0 Å². The fourth-order valence-corrected chi connectivity index (χ4v) is 3.30. The first kappa shape index (κ1) is 22.5. The summed E-state index contributed by atoms with van der Waals surface area (Å²) in [5, 5.41) is 5.65. The van der Waals surface area contributed by atoms with E-state index in [0.717, 1.165) is 24.9 Å². The van der Waals surface area contributed by atoms with Gasteiger partial charge in [-0.15, -0.1) is 0 Å². The van der Waals surface area contributed by atoms with Gasteiger partial charge in [0.25, 0.3) is 0 Å². The molecule has 0 radical (unpaired) electrons. The lowest BCUT2D eigenvalue weighted by Crippen LogP contribution is -2.45. The van der Waals surface area contributed by atoms with Crippen LogP contribution in [0.25, 0.3) is 0 Å². The predicted octanol–water partition coefficient (Wildman–Crippen LogP) is 2.79. The van der Waals surface area contributed by atoms with Gasteiger partial charge in [0.05, 0.1) is 20.1 Å². The molecular formula is C21H31N3O5. The summed E-state index contributed by atoms with van der Waals surface area (Å²) in [7, 11) is 1.59. The number of nitrogens with one attached hydrogen (secondary N) is 2. The van der Waals surface area contributed by atoms with Crippen LogP contribution in [0.2, 0.25) is 0 Å². The highest BCUT2D eigenvalue weighted by Crippen LogP contribution is 2.23. The molecule has 1 fully saturated rings. The molecule has 8 heteroatoms. The quantitative estimate of drug-likeness (QED) is 0.616. The average molecular weight is 405 g/mol. The van der Waals surface area contributed by atoms with E-state index in [-0.39, 0.29) is 30.9 Å². The highest BCUT2D eigenvalue weighted by atomic mass is 16.5. The van der Waals surface area contributed by atoms with Gasteiger partial charge in [-0.2, -0.15) is 0 Å². The number of anilines is 1. The molecule has 1 aromatic carbocycles. The van der Waals surface area contributed by atoms with Crippen molar-refractivity contribution in [3.8, 4) is 5.75 Å². The van der Waals surface area contributed by atoms with Crippen LogP contribution in [0.15, 0.2) is 24.3 Å². The lowest BCUT2D eigenvalue weighted by Gasteiger charge is -2.32. The van der Waals surface area contributed by atoms with E-state index in [1.807, 2.05) is 18.2 Å². The van der Waals surface area contributed by atoms with E-state index < -0.39 is 0 Å². The normalized spacial score (nSPS) is 14.2. The highest BCUT2D eigenvalue weighted by molar-refractivity contribution is 5.90. The van der Waals surface area contributed by atoms with Gasteiger partial charge in [0.15, 0.2) is 0 Å². The van der Waals surface area contributed by atoms with Crippen LogP contribution in [-0.2, 0) is 14.3 Å². The Labute approximate surface area is 171 Å². The van der Waals surface area contributed by atoms with Crippen molar-refractivity contribution in [3.05, 3.63) is 24.3 Å². The minimum Gasteiger partial charge on any atom is -0.497 e. The fourth-order valence-electron chi connectivity index (χ4n) is 3.30. The number of esters is 1. The Morgan fingerprint density at radius 3 is 2.62 bits per heavy atom. The SMILES string of the molecule is CCOC(=O)CCNC(=O)N1CCC(CCC(=O)Nc2cccc(OC)c2)CC1. The molecule has 8 nitrogen and oxygen atoms in total. The van der Waals surface area contributed by atoms with Crippen LogP contribution in [-0.4, -0.2) is 56.2 Å². The molecule has 0 saturated carbocycles. The van der Waals surface area contributed by atoms with Gasteiger partial charge in [0.1, 0.15) is 5.75 Å². The number of ether oxygens (including phenoxy) is 2. The molecule has 0 spiro atoms. The van der Waals surface area contributed by atoms with Gasteiger partial charge in [-0.1, -0.05) is 6.07 Å². The summed E-state index contributed by atoms with van der Waals surface area (Å²) in [4.78, 5) is 37.4. The lowest BCUT2D eigenvalue weighted by atomic mass is 9.92. The Hall–Kier alpha value is -2.77. The van der Waals surface area contributed by atoms with E-state index in [1.54, 1.807) is 25.0 Å². The molecule has 2 rings (SSSR count).